The van der Waals surface area contributed by atoms with Crippen molar-refractivity contribution < 1.29 is 14.3 Å². The molecule has 0 heterocycles. The Bertz CT molecular complexity index is 239. The smallest absolute Gasteiger partial charge is 0.333 e. The third-order valence-corrected chi connectivity index (χ3v) is 2.63. The average Bonchev–Trinajstić information content (AvgIpc) is 2.36. The van der Waals surface area contributed by atoms with Gasteiger partial charge in [0.1, 0.15) is 0 Å². The minimum Gasteiger partial charge on any atom is -0.466 e. The van der Waals surface area contributed by atoms with E-state index in [4.69, 9.17) is 9.47 Å². The molecule has 17 heavy (non-hydrogen) atoms. The van der Waals surface area contributed by atoms with Crippen LogP contribution in [-0.4, -0.2) is 50.8 Å². The lowest BCUT2D eigenvalue weighted by atomic mass is 10.2. The van der Waals surface area contributed by atoms with Crippen molar-refractivity contribution in [3.63, 3.8) is 0 Å². The molecule has 0 aliphatic rings. The number of nitrogens with zero attached hydrogens (tertiary/aromatic N) is 1. The zero-order valence-corrected chi connectivity index (χ0v) is 11.5. The Balaban J connectivity index is 4.16. The molecule has 0 aromatic carbocycles. The lowest BCUT2D eigenvalue weighted by molar-refractivity contribution is -0.136. The maximum atomic E-state index is 11.4. The first kappa shape index (κ1) is 16.1. The van der Waals surface area contributed by atoms with Crippen LogP contribution in [0.25, 0.3) is 0 Å². The predicted octanol–water partition coefficient (Wildman–Crippen LogP) is 1.85. The number of hydrogen-bond donors (Lipinski definition) is 0. The molecule has 0 aliphatic heterocycles. The molecule has 0 saturated heterocycles. The number of likely N-dealkylation sites (N-methyl/N-ethyl adjacent to an activating group) is 1. The van der Waals surface area contributed by atoms with E-state index in [0.717, 1.165) is 38.4 Å². The number of hydrogen-bond acceptors (Lipinski definition) is 4. The Labute approximate surface area is 105 Å². The van der Waals surface area contributed by atoms with Gasteiger partial charge in [0, 0.05) is 25.3 Å². The fourth-order valence-corrected chi connectivity index (χ4v) is 1.46. The summed E-state index contributed by atoms with van der Waals surface area (Å²) in [6.45, 7) is 10.1. The number of carbonyl (C=O) groups excluding carboxylic acids is 1. The second-order valence-corrected chi connectivity index (χ2v) is 3.66. The van der Waals surface area contributed by atoms with E-state index in [0.29, 0.717) is 6.42 Å². The summed E-state index contributed by atoms with van der Waals surface area (Å²) in [6.07, 6.45) is 2.65. The van der Waals surface area contributed by atoms with E-state index in [1.54, 1.807) is 0 Å². The van der Waals surface area contributed by atoms with Gasteiger partial charge in [-0.1, -0.05) is 19.9 Å². The Morgan fingerprint density at radius 1 is 1.29 bits per heavy atom. The lowest BCUT2D eigenvalue weighted by Crippen LogP contribution is -2.28. The van der Waals surface area contributed by atoms with E-state index >= 15 is 0 Å². The maximum absolute atomic E-state index is 11.4. The van der Waals surface area contributed by atoms with E-state index in [1.807, 2.05) is 19.9 Å². The Kier molecular flexibility index (Phi) is 9.77. The van der Waals surface area contributed by atoms with Crippen LogP contribution in [0.5, 0.6) is 0 Å². The third-order valence-electron chi connectivity index (χ3n) is 2.63. The first-order valence-electron chi connectivity index (χ1n) is 6.26. The molecule has 0 aromatic rings. The van der Waals surface area contributed by atoms with Gasteiger partial charge in [-0.15, -0.1) is 0 Å². The fraction of sp³-hybridized carbons (Fsp3) is 0.769. The molecule has 4 nitrogen and oxygen atoms in total. The van der Waals surface area contributed by atoms with Crippen LogP contribution >= 0.6 is 0 Å². The summed E-state index contributed by atoms with van der Waals surface area (Å²) < 4.78 is 10.0. The molecule has 0 fully saturated rings. The molecule has 0 atom stereocenters. The Hall–Kier alpha value is -0.870. The van der Waals surface area contributed by atoms with Crippen molar-refractivity contribution in [3.8, 4) is 0 Å². The summed E-state index contributed by atoms with van der Waals surface area (Å²) >= 11 is 0. The molecule has 0 saturated carbocycles. The van der Waals surface area contributed by atoms with Gasteiger partial charge in [0.15, 0.2) is 0 Å². The number of rotatable bonds is 9. The molecular formula is C13H25NO3. The van der Waals surface area contributed by atoms with E-state index in [2.05, 4.69) is 11.8 Å². The zero-order chi connectivity index (χ0) is 13.1. The van der Waals surface area contributed by atoms with Crippen LogP contribution < -0.4 is 0 Å². The normalized spacial score (nSPS) is 11.9. The van der Waals surface area contributed by atoms with Crippen molar-refractivity contribution in [3.05, 3.63) is 11.6 Å². The van der Waals surface area contributed by atoms with Crippen LogP contribution in [0.3, 0.4) is 0 Å². The summed E-state index contributed by atoms with van der Waals surface area (Å²) in [4.78, 5) is 13.6. The molecule has 0 radical (unpaired) electrons. The summed E-state index contributed by atoms with van der Waals surface area (Å²) in [5.41, 5.74) is 0.738. The van der Waals surface area contributed by atoms with Gasteiger partial charge >= 0.3 is 5.97 Å². The molecule has 0 aliphatic carbocycles. The zero-order valence-electron chi connectivity index (χ0n) is 11.5. The predicted molar refractivity (Wildman–Crippen MR) is 69.0 cm³/mol. The Morgan fingerprint density at radius 2 is 2.00 bits per heavy atom. The molecule has 0 rings (SSSR count). The number of carbonyl (C=O) groups is 1. The second kappa shape index (κ2) is 10.3. The summed E-state index contributed by atoms with van der Waals surface area (Å²) in [6, 6.07) is 0. The van der Waals surface area contributed by atoms with E-state index < -0.39 is 0 Å². The quantitative estimate of drug-likeness (QED) is 0.352. The topological polar surface area (TPSA) is 38.8 Å². The van der Waals surface area contributed by atoms with Gasteiger partial charge in [-0.2, -0.15) is 0 Å². The highest BCUT2D eigenvalue weighted by Crippen LogP contribution is 2.03. The van der Waals surface area contributed by atoms with Crippen molar-refractivity contribution in [1.29, 1.82) is 0 Å². The second-order valence-electron chi connectivity index (χ2n) is 3.66. The van der Waals surface area contributed by atoms with E-state index in [1.165, 1.54) is 7.11 Å². The largest absolute Gasteiger partial charge is 0.466 e. The monoisotopic (exact) mass is 243 g/mol. The van der Waals surface area contributed by atoms with Crippen LogP contribution in [0.15, 0.2) is 11.6 Å². The Morgan fingerprint density at radius 3 is 2.47 bits per heavy atom. The summed E-state index contributed by atoms with van der Waals surface area (Å²) in [7, 11) is 1.42. The van der Waals surface area contributed by atoms with E-state index in [-0.39, 0.29) is 5.97 Å². The van der Waals surface area contributed by atoms with Gasteiger partial charge in [0.05, 0.1) is 13.7 Å². The number of methoxy groups -OCH3 is 1. The highest BCUT2D eigenvalue weighted by molar-refractivity contribution is 5.88. The van der Waals surface area contributed by atoms with Crippen molar-refractivity contribution in [2.45, 2.75) is 27.2 Å². The van der Waals surface area contributed by atoms with Gasteiger partial charge < -0.3 is 9.47 Å². The average molecular weight is 243 g/mol. The molecule has 0 amide bonds. The highest BCUT2D eigenvalue weighted by Gasteiger charge is 2.07. The van der Waals surface area contributed by atoms with Crippen molar-refractivity contribution in [2.24, 2.45) is 0 Å². The molecule has 0 unspecified atom stereocenters. The molecule has 0 spiro atoms. The molecule has 0 bridgehead atoms. The SMILES string of the molecule is CCOCCN(CC)CC=C(CC)C(=O)OC. The van der Waals surface area contributed by atoms with Crippen molar-refractivity contribution in [2.75, 3.05) is 40.0 Å². The van der Waals surface area contributed by atoms with Crippen molar-refractivity contribution in [1.82, 2.24) is 4.90 Å². The maximum Gasteiger partial charge on any atom is 0.333 e. The molecule has 0 N–H and O–H groups in total. The van der Waals surface area contributed by atoms with Crippen molar-refractivity contribution >= 4 is 5.97 Å². The molecule has 100 valence electrons. The van der Waals surface area contributed by atoms with Gasteiger partial charge in [-0.25, -0.2) is 4.79 Å². The number of esters is 1. The van der Waals surface area contributed by atoms with Crippen LogP contribution in [-0.2, 0) is 14.3 Å². The molecular weight excluding hydrogens is 218 g/mol. The standard InChI is InChI=1S/C13H25NO3/c1-5-12(13(15)16-4)8-9-14(6-2)10-11-17-7-3/h8H,5-7,9-11H2,1-4H3. The van der Waals surface area contributed by atoms with Gasteiger partial charge in [-0.3, -0.25) is 4.90 Å². The summed E-state index contributed by atoms with van der Waals surface area (Å²) in [5.74, 6) is -0.228. The minimum atomic E-state index is -0.228. The third kappa shape index (κ3) is 7.13. The number of ether oxygens (including phenoxy) is 2. The van der Waals surface area contributed by atoms with E-state index in [9.17, 15) is 4.79 Å². The highest BCUT2D eigenvalue weighted by atomic mass is 16.5. The summed E-state index contributed by atoms with van der Waals surface area (Å²) in [5, 5.41) is 0. The minimum absolute atomic E-state index is 0.228. The molecule has 4 heteroatoms. The van der Waals surface area contributed by atoms with Crippen LogP contribution in [0.1, 0.15) is 27.2 Å². The fourth-order valence-electron chi connectivity index (χ4n) is 1.46. The van der Waals surface area contributed by atoms with Crippen LogP contribution in [0, 0.1) is 0 Å². The van der Waals surface area contributed by atoms with Gasteiger partial charge in [-0.05, 0) is 19.9 Å². The van der Waals surface area contributed by atoms with Gasteiger partial charge in [0.2, 0.25) is 0 Å². The van der Waals surface area contributed by atoms with Crippen LogP contribution in [0.4, 0.5) is 0 Å². The molecule has 0 aromatic heterocycles. The van der Waals surface area contributed by atoms with Gasteiger partial charge in [0.25, 0.3) is 0 Å². The first-order valence-corrected chi connectivity index (χ1v) is 6.26. The van der Waals surface area contributed by atoms with Crippen LogP contribution in [0.2, 0.25) is 0 Å². The first-order chi connectivity index (χ1) is 8.19. The lowest BCUT2D eigenvalue weighted by Gasteiger charge is -2.18.